The van der Waals surface area contributed by atoms with Crippen molar-refractivity contribution in [3.05, 3.63) is 57.5 Å². The normalized spacial score (nSPS) is 14.6. The van der Waals surface area contributed by atoms with E-state index < -0.39 is 0 Å². The van der Waals surface area contributed by atoms with E-state index in [1.807, 2.05) is 19.1 Å². The van der Waals surface area contributed by atoms with Gasteiger partial charge in [-0.25, -0.2) is 4.39 Å². The maximum atomic E-state index is 13.6. The molecule has 1 aromatic carbocycles. The fraction of sp³-hybridized carbons (Fsp3) is 0.368. The first-order valence-electron chi connectivity index (χ1n) is 8.41. The summed E-state index contributed by atoms with van der Waals surface area (Å²) in [5.74, 6) is -0.212. The summed E-state index contributed by atoms with van der Waals surface area (Å²) in [5.41, 5.74) is 0.567. The zero-order chi connectivity index (χ0) is 17.8. The van der Waals surface area contributed by atoms with Gasteiger partial charge in [0.25, 0.3) is 5.91 Å². The summed E-state index contributed by atoms with van der Waals surface area (Å²) in [7, 11) is 0. The Labute approximate surface area is 150 Å². The second kappa shape index (κ2) is 7.78. The molecule has 2 aromatic rings. The van der Waals surface area contributed by atoms with Crippen molar-refractivity contribution >= 4 is 23.2 Å². The molecule has 2 heterocycles. The number of carbonyl (C=O) groups excluding carboxylic acids is 2. The van der Waals surface area contributed by atoms with Crippen LogP contribution in [0.1, 0.15) is 26.5 Å². The summed E-state index contributed by atoms with van der Waals surface area (Å²) in [6.07, 6.45) is 0.693. The van der Waals surface area contributed by atoms with Crippen LogP contribution >= 0.6 is 11.3 Å². The number of benzene rings is 1. The molecule has 0 atom stereocenters. The van der Waals surface area contributed by atoms with Crippen molar-refractivity contribution in [1.82, 2.24) is 9.80 Å². The third kappa shape index (κ3) is 4.25. The van der Waals surface area contributed by atoms with Gasteiger partial charge in [-0.15, -0.1) is 11.3 Å². The van der Waals surface area contributed by atoms with E-state index in [9.17, 15) is 14.0 Å². The zero-order valence-corrected chi connectivity index (χ0v) is 15.0. The van der Waals surface area contributed by atoms with Gasteiger partial charge in [0.15, 0.2) is 0 Å². The number of piperazine rings is 1. The number of hydrogen-bond donors (Lipinski definition) is 0. The van der Waals surface area contributed by atoms with Crippen molar-refractivity contribution < 1.29 is 14.0 Å². The molecule has 4 nitrogen and oxygen atoms in total. The van der Waals surface area contributed by atoms with Gasteiger partial charge in [0.05, 0.1) is 4.88 Å². The number of aryl methyl sites for hydroxylation is 2. The fourth-order valence-corrected chi connectivity index (χ4v) is 3.80. The van der Waals surface area contributed by atoms with Crippen molar-refractivity contribution in [3.63, 3.8) is 0 Å². The van der Waals surface area contributed by atoms with Gasteiger partial charge >= 0.3 is 0 Å². The number of nitrogens with zero attached hydrogens (tertiary/aromatic N) is 2. The summed E-state index contributed by atoms with van der Waals surface area (Å²) in [5, 5.41) is 0. The molecule has 6 heteroatoms. The minimum absolute atomic E-state index is 0.0160. The minimum Gasteiger partial charge on any atom is -0.339 e. The Balaban J connectivity index is 1.49. The third-order valence-electron chi connectivity index (χ3n) is 4.44. The van der Waals surface area contributed by atoms with Crippen LogP contribution in [0, 0.1) is 12.7 Å². The highest BCUT2D eigenvalue weighted by Gasteiger charge is 2.25. The molecular weight excluding hydrogens is 339 g/mol. The molecule has 25 heavy (non-hydrogen) atoms. The van der Waals surface area contributed by atoms with Crippen molar-refractivity contribution in [1.29, 1.82) is 0 Å². The highest BCUT2D eigenvalue weighted by atomic mass is 32.1. The van der Waals surface area contributed by atoms with E-state index in [1.54, 1.807) is 28.0 Å². The van der Waals surface area contributed by atoms with E-state index in [1.165, 1.54) is 17.4 Å². The Morgan fingerprint density at radius 1 is 1.04 bits per heavy atom. The Morgan fingerprint density at radius 2 is 1.72 bits per heavy atom. The first-order chi connectivity index (χ1) is 12.0. The van der Waals surface area contributed by atoms with Crippen LogP contribution in [-0.2, 0) is 11.2 Å². The van der Waals surface area contributed by atoms with Gasteiger partial charge in [-0.1, -0.05) is 18.2 Å². The lowest BCUT2D eigenvalue weighted by atomic mass is 10.1. The third-order valence-corrected chi connectivity index (χ3v) is 5.43. The molecular formula is C19H21FN2O2S. The molecule has 0 aliphatic carbocycles. The largest absolute Gasteiger partial charge is 0.339 e. The van der Waals surface area contributed by atoms with Crippen molar-refractivity contribution in [2.45, 2.75) is 19.8 Å². The van der Waals surface area contributed by atoms with Crippen LogP contribution in [0.15, 0.2) is 36.4 Å². The average Bonchev–Trinajstić information content (AvgIpc) is 3.07. The molecule has 0 saturated carbocycles. The average molecular weight is 360 g/mol. The number of amides is 2. The highest BCUT2D eigenvalue weighted by molar-refractivity contribution is 7.13. The van der Waals surface area contributed by atoms with E-state index in [2.05, 4.69) is 0 Å². The molecule has 0 N–H and O–H groups in total. The van der Waals surface area contributed by atoms with Gasteiger partial charge in [-0.05, 0) is 37.1 Å². The van der Waals surface area contributed by atoms with E-state index in [-0.39, 0.29) is 17.6 Å². The standard InChI is InChI=1S/C19H21FN2O2S/c1-14-6-8-17(25-14)19(24)22-12-10-21(11-13-22)18(23)9-7-15-4-2-3-5-16(15)20/h2-6,8H,7,9-13H2,1H3. The predicted octanol–water partition coefficient (Wildman–Crippen LogP) is 3.11. The summed E-state index contributed by atoms with van der Waals surface area (Å²) in [4.78, 5) is 30.2. The molecule has 2 amide bonds. The first-order valence-corrected chi connectivity index (χ1v) is 9.23. The lowest BCUT2D eigenvalue weighted by molar-refractivity contribution is -0.132. The first kappa shape index (κ1) is 17.6. The Hall–Kier alpha value is -2.21. The maximum absolute atomic E-state index is 13.6. The Bertz CT molecular complexity index is 766. The monoisotopic (exact) mass is 360 g/mol. The van der Waals surface area contributed by atoms with Crippen LogP contribution in [0.25, 0.3) is 0 Å². The lowest BCUT2D eigenvalue weighted by Gasteiger charge is -2.34. The molecule has 3 rings (SSSR count). The summed E-state index contributed by atoms with van der Waals surface area (Å²) < 4.78 is 13.6. The maximum Gasteiger partial charge on any atom is 0.264 e. The zero-order valence-electron chi connectivity index (χ0n) is 14.2. The van der Waals surface area contributed by atoms with Crippen LogP contribution in [0.3, 0.4) is 0 Å². The molecule has 1 aromatic heterocycles. The molecule has 132 valence electrons. The number of carbonyl (C=O) groups is 2. The summed E-state index contributed by atoms with van der Waals surface area (Å²) in [6.45, 7) is 4.13. The number of halogens is 1. The molecule has 1 aliphatic heterocycles. The lowest BCUT2D eigenvalue weighted by Crippen LogP contribution is -2.50. The van der Waals surface area contributed by atoms with Gasteiger partial charge in [-0.3, -0.25) is 9.59 Å². The molecule has 0 unspecified atom stereocenters. The van der Waals surface area contributed by atoms with Gasteiger partial charge in [0, 0.05) is 37.5 Å². The topological polar surface area (TPSA) is 40.6 Å². The van der Waals surface area contributed by atoms with E-state index in [4.69, 9.17) is 0 Å². The molecule has 0 radical (unpaired) electrons. The van der Waals surface area contributed by atoms with Crippen molar-refractivity contribution in [3.8, 4) is 0 Å². The molecule has 0 spiro atoms. The van der Waals surface area contributed by atoms with Gasteiger partial charge in [0.2, 0.25) is 5.91 Å². The van der Waals surface area contributed by atoms with E-state index in [0.29, 0.717) is 44.6 Å². The van der Waals surface area contributed by atoms with Crippen LogP contribution < -0.4 is 0 Å². The van der Waals surface area contributed by atoms with Crippen LogP contribution in [-0.4, -0.2) is 47.8 Å². The van der Waals surface area contributed by atoms with Gasteiger partial charge < -0.3 is 9.80 Å². The second-order valence-electron chi connectivity index (χ2n) is 6.17. The van der Waals surface area contributed by atoms with E-state index >= 15 is 0 Å². The van der Waals surface area contributed by atoms with Gasteiger partial charge in [-0.2, -0.15) is 0 Å². The highest BCUT2D eigenvalue weighted by Crippen LogP contribution is 2.18. The number of hydrogen-bond acceptors (Lipinski definition) is 3. The Morgan fingerprint density at radius 3 is 2.36 bits per heavy atom. The SMILES string of the molecule is Cc1ccc(C(=O)N2CCN(C(=O)CCc3ccccc3F)CC2)s1. The fourth-order valence-electron chi connectivity index (χ4n) is 2.97. The molecule has 1 aliphatic rings. The molecule has 1 saturated heterocycles. The van der Waals surface area contributed by atoms with Crippen molar-refractivity contribution in [2.75, 3.05) is 26.2 Å². The van der Waals surface area contributed by atoms with Gasteiger partial charge in [0.1, 0.15) is 5.82 Å². The predicted molar refractivity (Wildman–Crippen MR) is 96.3 cm³/mol. The Kier molecular flexibility index (Phi) is 5.48. The molecule has 1 fully saturated rings. The van der Waals surface area contributed by atoms with Crippen molar-refractivity contribution in [2.24, 2.45) is 0 Å². The quantitative estimate of drug-likeness (QED) is 0.841. The summed E-state index contributed by atoms with van der Waals surface area (Å²) >= 11 is 1.50. The van der Waals surface area contributed by atoms with Crippen LogP contribution in [0.2, 0.25) is 0 Å². The van der Waals surface area contributed by atoms with E-state index in [0.717, 1.165) is 9.75 Å². The number of thiophene rings is 1. The van der Waals surface area contributed by atoms with Crippen LogP contribution in [0.5, 0.6) is 0 Å². The minimum atomic E-state index is -0.267. The summed E-state index contributed by atoms with van der Waals surface area (Å²) in [6, 6.07) is 10.3. The van der Waals surface area contributed by atoms with Crippen LogP contribution in [0.4, 0.5) is 4.39 Å². The smallest absolute Gasteiger partial charge is 0.264 e. The number of rotatable bonds is 4. The molecule has 0 bridgehead atoms. The second-order valence-corrected chi connectivity index (χ2v) is 7.46.